The first-order valence-corrected chi connectivity index (χ1v) is 10.9. The first-order chi connectivity index (χ1) is 13.9. The number of hydrogen-bond acceptors (Lipinski definition) is 3. The molecule has 156 valence electrons. The maximum atomic E-state index is 11.7. The second kappa shape index (κ2) is 9.67. The van der Waals surface area contributed by atoms with Crippen molar-refractivity contribution < 1.29 is 14.3 Å². The molecule has 0 spiro atoms. The van der Waals surface area contributed by atoms with Crippen LogP contribution in [-0.4, -0.2) is 18.7 Å². The summed E-state index contributed by atoms with van der Waals surface area (Å²) in [6.45, 7) is 8.61. The van der Waals surface area contributed by atoms with Crippen LogP contribution in [0.25, 0.3) is 0 Å². The lowest BCUT2D eigenvalue weighted by Crippen LogP contribution is -2.37. The molecule has 1 aliphatic rings. The Morgan fingerprint density at radius 3 is 2.48 bits per heavy atom. The quantitative estimate of drug-likeness (QED) is 0.512. The van der Waals surface area contributed by atoms with Gasteiger partial charge in [0.1, 0.15) is 11.9 Å². The van der Waals surface area contributed by atoms with Gasteiger partial charge in [0.25, 0.3) is 0 Å². The minimum atomic E-state index is -0.204. The van der Waals surface area contributed by atoms with Crippen LogP contribution in [0.2, 0.25) is 5.02 Å². The first kappa shape index (κ1) is 21.7. The number of esters is 1. The minimum Gasteiger partial charge on any atom is -0.494 e. The Morgan fingerprint density at radius 1 is 1.10 bits per heavy atom. The van der Waals surface area contributed by atoms with E-state index in [-0.39, 0.29) is 18.0 Å². The molecule has 1 saturated carbocycles. The highest BCUT2D eigenvalue weighted by Gasteiger charge is 2.37. The molecule has 0 radical (unpaired) electrons. The average Bonchev–Trinajstić information content (AvgIpc) is 2.67. The Morgan fingerprint density at radius 2 is 1.83 bits per heavy atom. The van der Waals surface area contributed by atoms with Crippen LogP contribution in [0, 0.1) is 11.8 Å². The van der Waals surface area contributed by atoms with E-state index in [1.165, 1.54) is 18.1 Å². The number of ether oxygens (including phenoxy) is 2. The van der Waals surface area contributed by atoms with Gasteiger partial charge in [0.05, 0.1) is 6.61 Å². The molecule has 0 N–H and O–H groups in total. The molecule has 1 aliphatic carbocycles. The molecule has 0 saturated heterocycles. The summed E-state index contributed by atoms with van der Waals surface area (Å²) in [5.74, 6) is 1.83. The summed E-state index contributed by atoms with van der Waals surface area (Å²) < 4.78 is 11.3. The van der Waals surface area contributed by atoms with E-state index in [1.807, 2.05) is 25.1 Å². The van der Waals surface area contributed by atoms with Gasteiger partial charge in [-0.25, -0.2) is 0 Å². The molecule has 0 aliphatic heterocycles. The van der Waals surface area contributed by atoms with Gasteiger partial charge in [-0.1, -0.05) is 49.7 Å². The third-order valence-electron chi connectivity index (χ3n) is 5.82. The molecular formula is C25H31ClO3. The van der Waals surface area contributed by atoms with Crippen molar-refractivity contribution in [3.8, 4) is 5.75 Å². The van der Waals surface area contributed by atoms with E-state index >= 15 is 0 Å². The molecule has 3 rings (SSSR count). The van der Waals surface area contributed by atoms with Gasteiger partial charge in [0.2, 0.25) is 0 Å². The average molecular weight is 415 g/mol. The molecule has 3 nitrogen and oxygen atoms in total. The van der Waals surface area contributed by atoms with Crippen molar-refractivity contribution in [3.05, 3.63) is 64.2 Å². The van der Waals surface area contributed by atoms with Gasteiger partial charge < -0.3 is 9.47 Å². The maximum Gasteiger partial charge on any atom is 0.302 e. The monoisotopic (exact) mass is 414 g/mol. The second-order valence-electron chi connectivity index (χ2n) is 8.34. The van der Waals surface area contributed by atoms with E-state index in [1.54, 1.807) is 0 Å². The van der Waals surface area contributed by atoms with Crippen molar-refractivity contribution in [1.29, 1.82) is 0 Å². The molecule has 29 heavy (non-hydrogen) atoms. The molecule has 2 aromatic rings. The third kappa shape index (κ3) is 5.54. The van der Waals surface area contributed by atoms with Gasteiger partial charge in [-0.15, -0.1) is 0 Å². The topological polar surface area (TPSA) is 35.5 Å². The number of benzene rings is 2. The molecule has 0 bridgehead atoms. The summed E-state index contributed by atoms with van der Waals surface area (Å²) in [6.07, 6.45) is 2.78. The lowest BCUT2D eigenvalue weighted by Gasteiger charge is -2.39. The Kier molecular flexibility index (Phi) is 7.23. The molecule has 4 atom stereocenters. The second-order valence-corrected chi connectivity index (χ2v) is 8.75. The SMILES string of the molecule is CCOc1ccc(Cc2cc(C3CC(C)CC(C)C3OC(C)=O)ccc2Cl)cc1. The smallest absolute Gasteiger partial charge is 0.302 e. The van der Waals surface area contributed by atoms with Gasteiger partial charge in [-0.05, 0) is 72.9 Å². The molecule has 0 heterocycles. The van der Waals surface area contributed by atoms with Crippen molar-refractivity contribution in [3.63, 3.8) is 0 Å². The van der Waals surface area contributed by atoms with E-state index in [0.29, 0.717) is 18.4 Å². The zero-order chi connectivity index (χ0) is 21.0. The molecule has 0 amide bonds. The summed E-state index contributed by atoms with van der Waals surface area (Å²) >= 11 is 6.53. The van der Waals surface area contributed by atoms with Gasteiger partial charge in [-0.3, -0.25) is 4.79 Å². The Bertz CT molecular complexity index is 830. The van der Waals surface area contributed by atoms with E-state index in [9.17, 15) is 4.79 Å². The van der Waals surface area contributed by atoms with Crippen molar-refractivity contribution in [2.75, 3.05) is 6.61 Å². The third-order valence-corrected chi connectivity index (χ3v) is 6.19. The molecule has 2 aromatic carbocycles. The maximum absolute atomic E-state index is 11.7. The van der Waals surface area contributed by atoms with E-state index in [0.717, 1.165) is 35.6 Å². The fourth-order valence-corrected chi connectivity index (χ4v) is 4.78. The Labute approximate surface area is 179 Å². The summed E-state index contributed by atoms with van der Waals surface area (Å²) in [6, 6.07) is 14.4. The van der Waals surface area contributed by atoms with Crippen LogP contribution in [-0.2, 0) is 16.0 Å². The van der Waals surface area contributed by atoms with Gasteiger partial charge in [0, 0.05) is 17.9 Å². The van der Waals surface area contributed by atoms with Crippen molar-refractivity contribution >= 4 is 17.6 Å². The van der Waals surface area contributed by atoms with Gasteiger partial charge >= 0.3 is 5.97 Å². The van der Waals surface area contributed by atoms with E-state index < -0.39 is 0 Å². The highest BCUT2D eigenvalue weighted by molar-refractivity contribution is 6.31. The van der Waals surface area contributed by atoms with Crippen molar-refractivity contribution in [2.24, 2.45) is 11.8 Å². The summed E-state index contributed by atoms with van der Waals surface area (Å²) in [5, 5.41) is 0.767. The van der Waals surface area contributed by atoms with Crippen LogP contribution in [0.15, 0.2) is 42.5 Å². The Hall–Kier alpha value is -2.00. The number of carbonyl (C=O) groups excluding carboxylic acids is 1. The summed E-state index contributed by atoms with van der Waals surface area (Å²) in [7, 11) is 0. The largest absolute Gasteiger partial charge is 0.494 e. The summed E-state index contributed by atoms with van der Waals surface area (Å²) in [4.78, 5) is 11.7. The Balaban J connectivity index is 1.85. The fourth-order valence-electron chi connectivity index (χ4n) is 4.60. The number of rotatable bonds is 6. The first-order valence-electron chi connectivity index (χ1n) is 10.5. The highest BCUT2D eigenvalue weighted by Crippen LogP contribution is 2.42. The highest BCUT2D eigenvalue weighted by atomic mass is 35.5. The predicted molar refractivity (Wildman–Crippen MR) is 118 cm³/mol. The minimum absolute atomic E-state index is 0.0804. The van der Waals surface area contributed by atoms with Crippen LogP contribution in [0.5, 0.6) is 5.75 Å². The fraction of sp³-hybridized carbons (Fsp3) is 0.480. The van der Waals surface area contributed by atoms with Crippen LogP contribution in [0.4, 0.5) is 0 Å². The molecule has 1 fully saturated rings. The molecule has 4 heteroatoms. The number of carbonyl (C=O) groups is 1. The zero-order valence-corrected chi connectivity index (χ0v) is 18.5. The van der Waals surface area contributed by atoms with E-state index in [4.69, 9.17) is 21.1 Å². The van der Waals surface area contributed by atoms with Crippen LogP contribution >= 0.6 is 11.6 Å². The lowest BCUT2D eigenvalue weighted by atomic mass is 9.71. The standard InChI is InChI=1S/C25H31ClO3/c1-5-28-22-9-6-19(7-10-22)14-21-15-20(8-11-24(21)26)23-13-16(2)12-17(3)25(23)29-18(4)27/h6-11,15-17,23,25H,5,12-14H2,1-4H3. The molecule has 0 aromatic heterocycles. The number of halogens is 1. The number of hydrogen-bond donors (Lipinski definition) is 0. The van der Waals surface area contributed by atoms with Crippen molar-refractivity contribution in [1.82, 2.24) is 0 Å². The van der Waals surface area contributed by atoms with Crippen LogP contribution < -0.4 is 4.74 Å². The lowest BCUT2D eigenvalue weighted by molar-refractivity contribution is -0.152. The normalized spacial score (nSPS) is 24.2. The molecule has 4 unspecified atom stereocenters. The molecular weight excluding hydrogens is 384 g/mol. The van der Waals surface area contributed by atoms with Gasteiger partial charge in [0.15, 0.2) is 0 Å². The zero-order valence-electron chi connectivity index (χ0n) is 17.8. The van der Waals surface area contributed by atoms with Crippen LogP contribution in [0.1, 0.15) is 63.1 Å². The summed E-state index contributed by atoms with van der Waals surface area (Å²) in [5.41, 5.74) is 3.50. The van der Waals surface area contributed by atoms with Crippen molar-refractivity contribution in [2.45, 2.75) is 59.0 Å². The van der Waals surface area contributed by atoms with E-state index in [2.05, 4.69) is 38.1 Å². The van der Waals surface area contributed by atoms with Gasteiger partial charge in [-0.2, -0.15) is 0 Å². The predicted octanol–water partition coefficient (Wildman–Crippen LogP) is 6.41. The van der Waals surface area contributed by atoms with Crippen LogP contribution in [0.3, 0.4) is 0 Å².